The molecule has 0 amide bonds. The highest BCUT2D eigenvalue weighted by Gasteiger charge is 2.37. The van der Waals surface area contributed by atoms with E-state index in [-0.39, 0.29) is 0 Å². The minimum absolute atomic E-state index is 0.427. The Kier molecular flexibility index (Phi) is 12.0. The summed E-state index contributed by atoms with van der Waals surface area (Å²) in [6.45, 7) is 10.6. The number of rotatable bonds is 8. The van der Waals surface area contributed by atoms with Crippen LogP contribution in [0.2, 0.25) is 0 Å². The molecule has 278 valence electrons. The summed E-state index contributed by atoms with van der Waals surface area (Å²) < 4.78 is 0. The Labute approximate surface area is 317 Å². The van der Waals surface area contributed by atoms with Crippen molar-refractivity contribution in [3.05, 3.63) is 119 Å². The molecule has 1 heterocycles. The summed E-state index contributed by atoms with van der Waals surface area (Å²) in [6, 6.07) is 0.536. The lowest BCUT2D eigenvalue weighted by Crippen LogP contribution is -2.47. The maximum Gasteiger partial charge on any atom is 0.0281 e. The molecule has 0 aromatic heterocycles. The van der Waals surface area contributed by atoms with Gasteiger partial charge in [0, 0.05) is 30.3 Å². The lowest BCUT2D eigenvalue weighted by molar-refractivity contribution is 0.187. The summed E-state index contributed by atoms with van der Waals surface area (Å²) in [6.07, 6.45) is 53.3. The monoisotopic (exact) mass is 697 g/mol. The molecule has 0 aromatic carbocycles. The number of nitrogens with one attached hydrogen (secondary N) is 2. The van der Waals surface area contributed by atoms with E-state index >= 15 is 0 Å². The fourth-order valence-electron chi connectivity index (χ4n) is 11.8. The van der Waals surface area contributed by atoms with Crippen LogP contribution in [0.4, 0.5) is 0 Å². The van der Waals surface area contributed by atoms with Crippen molar-refractivity contribution in [3.8, 4) is 0 Å². The van der Waals surface area contributed by atoms with Crippen LogP contribution in [0.15, 0.2) is 119 Å². The van der Waals surface area contributed by atoms with Crippen molar-refractivity contribution in [3.63, 3.8) is 0 Å². The first-order chi connectivity index (χ1) is 25.6. The highest BCUT2D eigenvalue weighted by Crippen LogP contribution is 2.46. The van der Waals surface area contributed by atoms with Gasteiger partial charge in [0.15, 0.2) is 0 Å². The van der Waals surface area contributed by atoms with Gasteiger partial charge < -0.3 is 10.6 Å². The third-order valence-electron chi connectivity index (χ3n) is 15.2. The van der Waals surface area contributed by atoms with Crippen LogP contribution in [-0.4, -0.2) is 25.7 Å². The zero-order chi connectivity index (χ0) is 35.3. The molecule has 7 aliphatic carbocycles. The van der Waals surface area contributed by atoms with Crippen LogP contribution >= 0.6 is 0 Å². The van der Waals surface area contributed by atoms with Crippen LogP contribution in [0.3, 0.4) is 0 Å². The lowest BCUT2D eigenvalue weighted by atomic mass is 9.68. The summed E-state index contributed by atoms with van der Waals surface area (Å²) in [4.78, 5) is 0. The van der Waals surface area contributed by atoms with E-state index in [4.69, 9.17) is 0 Å². The average Bonchev–Trinajstić information content (AvgIpc) is 3.17. The number of hydrogen-bond acceptors (Lipinski definition) is 2. The van der Waals surface area contributed by atoms with E-state index in [0.29, 0.717) is 35.6 Å². The van der Waals surface area contributed by atoms with Gasteiger partial charge in [-0.25, -0.2) is 0 Å². The van der Waals surface area contributed by atoms with Crippen LogP contribution in [0, 0.1) is 53.3 Å². The van der Waals surface area contributed by atoms with Gasteiger partial charge in [0.1, 0.15) is 0 Å². The van der Waals surface area contributed by atoms with E-state index in [2.05, 4.69) is 103 Å². The van der Waals surface area contributed by atoms with Crippen molar-refractivity contribution in [2.45, 2.75) is 116 Å². The molecule has 0 radical (unpaired) electrons. The van der Waals surface area contributed by atoms with Crippen molar-refractivity contribution < 1.29 is 0 Å². The predicted octanol–water partition coefficient (Wildman–Crippen LogP) is 11.9. The molecule has 0 bridgehead atoms. The SMILES string of the molecule is C=C1CCCCCC[C@@H](C2=CC=C(/C(C)=C3\C=CC=CC3C(CNC3C=CCC4CCCC[C@H]43)C3=CCC(C4CNC4)CC3)CC2)C2C=CC=CC12. The Morgan fingerprint density at radius 1 is 0.788 bits per heavy atom. The van der Waals surface area contributed by atoms with Gasteiger partial charge in [-0.15, -0.1) is 0 Å². The maximum absolute atomic E-state index is 4.62. The van der Waals surface area contributed by atoms with E-state index in [0.717, 1.165) is 30.2 Å². The summed E-state index contributed by atoms with van der Waals surface area (Å²) in [5, 5.41) is 7.78. The second kappa shape index (κ2) is 17.2. The van der Waals surface area contributed by atoms with Crippen molar-refractivity contribution in [1.82, 2.24) is 10.6 Å². The molecular weight excluding hydrogens is 629 g/mol. The Hall–Kier alpha value is -2.68. The Bertz CT molecular complexity index is 1570. The molecule has 2 heteroatoms. The summed E-state index contributed by atoms with van der Waals surface area (Å²) in [7, 11) is 0. The zero-order valence-electron chi connectivity index (χ0n) is 32.4. The molecule has 1 aliphatic heterocycles. The van der Waals surface area contributed by atoms with Crippen molar-refractivity contribution in [2.24, 2.45) is 53.3 Å². The van der Waals surface area contributed by atoms with E-state index in [1.807, 2.05) is 0 Å². The van der Waals surface area contributed by atoms with Gasteiger partial charge in [-0.1, -0.05) is 134 Å². The molecule has 0 aromatic rings. The highest BCUT2D eigenvalue weighted by atomic mass is 15.0. The first-order valence-electron chi connectivity index (χ1n) is 21.9. The molecule has 8 rings (SSSR count). The molecule has 2 N–H and O–H groups in total. The summed E-state index contributed by atoms with van der Waals surface area (Å²) >= 11 is 0. The van der Waals surface area contributed by atoms with Gasteiger partial charge in [0.25, 0.3) is 0 Å². The van der Waals surface area contributed by atoms with E-state index in [1.54, 1.807) is 22.3 Å². The molecule has 8 aliphatic rings. The second-order valence-electron chi connectivity index (χ2n) is 18.0. The highest BCUT2D eigenvalue weighted by molar-refractivity contribution is 5.48. The van der Waals surface area contributed by atoms with Gasteiger partial charge >= 0.3 is 0 Å². The fraction of sp³-hybridized carbons (Fsp3) is 0.600. The van der Waals surface area contributed by atoms with Crippen LogP contribution in [0.1, 0.15) is 110 Å². The van der Waals surface area contributed by atoms with E-state index in [1.165, 1.54) is 127 Å². The average molecular weight is 697 g/mol. The molecule has 0 spiro atoms. The van der Waals surface area contributed by atoms with Crippen molar-refractivity contribution in [1.29, 1.82) is 0 Å². The Balaban J connectivity index is 1.05. The summed E-state index contributed by atoms with van der Waals surface area (Å²) in [5.74, 6) is 6.10. The zero-order valence-corrected chi connectivity index (χ0v) is 32.4. The standard InChI is InChI=1S/C50H68N2/c1-35-14-5-3-4-6-19-45(47-21-11-9-17-43(35)47)40-28-24-37(25-29-40)36(2)44-18-10-12-22-48(44)49(41-30-26-38(27-31-41)42-32-51-33-42)34-52-50-23-13-16-39-15-7-8-20-46(39)50/h9-13,17-18,21-24,28,30,38-39,42-43,45-52H,1,3-8,14-16,19-20,25-27,29,31-34H2,2H3/b44-36+/t38?,39?,43?,45-,46+,47?,48?,49?,50?/m0/s1. The van der Waals surface area contributed by atoms with Gasteiger partial charge in [-0.2, -0.15) is 0 Å². The third-order valence-corrected chi connectivity index (χ3v) is 15.2. The Morgan fingerprint density at radius 3 is 2.46 bits per heavy atom. The minimum atomic E-state index is 0.427. The van der Waals surface area contributed by atoms with Crippen LogP contribution in [0.25, 0.3) is 0 Å². The molecule has 52 heavy (non-hydrogen) atoms. The predicted molar refractivity (Wildman–Crippen MR) is 222 cm³/mol. The minimum Gasteiger partial charge on any atom is -0.316 e. The topological polar surface area (TPSA) is 24.1 Å². The molecule has 2 saturated carbocycles. The Morgan fingerprint density at radius 2 is 1.63 bits per heavy atom. The van der Waals surface area contributed by atoms with Gasteiger partial charge in [-0.3, -0.25) is 0 Å². The lowest BCUT2D eigenvalue weighted by Gasteiger charge is -2.41. The van der Waals surface area contributed by atoms with Crippen molar-refractivity contribution >= 4 is 0 Å². The fourth-order valence-corrected chi connectivity index (χ4v) is 11.8. The third kappa shape index (κ3) is 8.05. The van der Waals surface area contributed by atoms with Crippen LogP contribution in [0.5, 0.6) is 0 Å². The molecule has 1 saturated heterocycles. The van der Waals surface area contributed by atoms with Gasteiger partial charge in [-0.05, 0) is 143 Å². The normalized spacial score (nSPS) is 36.9. The first-order valence-corrected chi connectivity index (χ1v) is 21.9. The molecular formula is C50H68N2. The quantitative estimate of drug-likeness (QED) is 0.247. The second-order valence-corrected chi connectivity index (χ2v) is 18.0. The van der Waals surface area contributed by atoms with E-state index < -0.39 is 0 Å². The molecule has 7 unspecified atom stereocenters. The van der Waals surface area contributed by atoms with Crippen molar-refractivity contribution in [2.75, 3.05) is 19.6 Å². The maximum atomic E-state index is 4.62. The first kappa shape index (κ1) is 36.3. The molecule has 3 fully saturated rings. The smallest absolute Gasteiger partial charge is 0.0281 e. The van der Waals surface area contributed by atoms with E-state index in [9.17, 15) is 0 Å². The summed E-state index contributed by atoms with van der Waals surface area (Å²) in [5.41, 5.74) is 9.53. The molecule has 9 atom stereocenters. The largest absolute Gasteiger partial charge is 0.316 e. The number of allylic oxidation sites excluding steroid dienone is 17. The number of fused-ring (bicyclic) bond motifs is 2. The van der Waals surface area contributed by atoms with Crippen LogP contribution in [-0.2, 0) is 0 Å². The van der Waals surface area contributed by atoms with Gasteiger partial charge in [0.05, 0.1) is 0 Å². The number of hydrogen-bond donors (Lipinski definition) is 2. The van der Waals surface area contributed by atoms with Gasteiger partial charge in [0.2, 0.25) is 0 Å². The van der Waals surface area contributed by atoms with Crippen LogP contribution < -0.4 is 10.6 Å². The molecule has 2 nitrogen and oxygen atoms in total.